The van der Waals surface area contributed by atoms with Crippen molar-refractivity contribution in [3.8, 4) is 0 Å². The molecule has 2 saturated heterocycles. The molecule has 2 aliphatic rings. The molecule has 148 valence electrons. The van der Waals surface area contributed by atoms with Crippen LogP contribution in [0, 0.1) is 11.7 Å². The van der Waals surface area contributed by atoms with Crippen LogP contribution in [0.4, 0.5) is 10.1 Å². The summed E-state index contributed by atoms with van der Waals surface area (Å²) >= 11 is 0. The molecule has 1 aromatic carbocycles. The molecule has 2 heterocycles. The molecule has 27 heavy (non-hydrogen) atoms. The molecule has 8 nitrogen and oxygen atoms in total. The molecule has 0 radical (unpaired) electrons. The number of carbonyl (C=O) groups excluding carboxylic acids is 2. The molecule has 0 spiro atoms. The number of hydrogen-bond donors (Lipinski definition) is 0. The molecule has 1 atom stereocenters. The van der Waals surface area contributed by atoms with Crippen LogP contribution in [0.3, 0.4) is 0 Å². The van der Waals surface area contributed by atoms with E-state index in [4.69, 9.17) is 0 Å². The van der Waals surface area contributed by atoms with Crippen molar-refractivity contribution in [2.45, 2.75) is 6.42 Å². The minimum Gasteiger partial charge on any atom is -0.340 e. The van der Waals surface area contributed by atoms with Crippen LogP contribution in [0.5, 0.6) is 0 Å². The Bertz CT molecular complexity index is 837. The maximum absolute atomic E-state index is 14.0. The van der Waals surface area contributed by atoms with E-state index in [2.05, 4.69) is 0 Å². The van der Waals surface area contributed by atoms with E-state index >= 15 is 0 Å². The fourth-order valence-corrected chi connectivity index (χ4v) is 4.49. The summed E-state index contributed by atoms with van der Waals surface area (Å²) in [7, 11) is -0.569. The molecule has 10 heteroatoms. The van der Waals surface area contributed by atoms with Gasteiger partial charge in [-0.2, -0.15) is 17.0 Å². The molecule has 2 amide bonds. The minimum atomic E-state index is -3.50. The quantitative estimate of drug-likeness (QED) is 0.722. The van der Waals surface area contributed by atoms with Crippen LogP contribution in [-0.4, -0.2) is 80.6 Å². The van der Waals surface area contributed by atoms with Gasteiger partial charge in [0.05, 0.1) is 11.6 Å². The Morgan fingerprint density at radius 1 is 1.15 bits per heavy atom. The molecule has 0 N–H and O–H groups in total. The molecule has 3 rings (SSSR count). The van der Waals surface area contributed by atoms with E-state index in [0.717, 1.165) is 4.31 Å². The first-order chi connectivity index (χ1) is 12.7. The lowest BCUT2D eigenvalue weighted by Gasteiger charge is -2.36. The Hall–Kier alpha value is -2.04. The summed E-state index contributed by atoms with van der Waals surface area (Å²) in [6.45, 7) is 1.11. The number of amides is 2. The van der Waals surface area contributed by atoms with Crippen LogP contribution in [-0.2, 0) is 19.8 Å². The molecular formula is C17H23FN4O4S. The van der Waals surface area contributed by atoms with Crippen molar-refractivity contribution in [1.82, 2.24) is 13.5 Å². The lowest BCUT2D eigenvalue weighted by molar-refractivity contribution is -0.137. The van der Waals surface area contributed by atoms with Crippen molar-refractivity contribution >= 4 is 27.7 Å². The summed E-state index contributed by atoms with van der Waals surface area (Å²) in [5.41, 5.74) is 0.180. The first kappa shape index (κ1) is 19.7. The van der Waals surface area contributed by atoms with Crippen molar-refractivity contribution in [2.75, 3.05) is 51.7 Å². The lowest BCUT2D eigenvalue weighted by atomic mass is 10.1. The van der Waals surface area contributed by atoms with Gasteiger partial charge in [-0.3, -0.25) is 9.59 Å². The van der Waals surface area contributed by atoms with Gasteiger partial charge in [0.25, 0.3) is 10.2 Å². The Morgan fingerprint density at radius 3 is 2.37 bits per heavy atom. The van der Waals surface area contributed by atoms with Gasteiger partial charge in [-0.1, -0.05) is 12.1 Å². The predicted octanol–water partition coefficient (Wildman–Crippen LogP) is 0.129. The summed E-state index contributed by atoms with van der Waals surface area (Å²) in [5, 5.41) is 0. The summed E-state index contributed by atoms with van der Waals surface area (Å²) < 4.78 is 40.8. The average Bonchev–Trinajstić information content (AvgIpc) is 3.03. The first-order valence-corrected chi connectivity index (χ1v) is 10.1. The SMILES string of the molecule is CN(C)S(=O)(=O)N1CCN(C(=O)C2CC(=O)N(c3ccccc3F)C2)CC1. The maximum atomic E-state index is 14.0. The Balaban J connectivity index is 1.63. The third-order valence-electron chi connectivity index (χ3n) is 4.96. The number of nitrogens with zero attached hydrogens (tertiary/aromatic N) is 4. The monoisotopic (exact) mass is 398 g/mol. The molecule has 0 bridgehead atoms. The van der Waals surface area contributed by atoms with Crippen molar-refractivity contribution in [3.05, 3.63) is 30.1 Å². The van der Waals surface area contributed by atoms with Crippen molar-refractivity contribution in [2.24, 2.45) is 5.92 Å². The number of anilines is 1. The maximum Gasteiger partial charge on any atom is 0.281 e. The number of carbonyl (C=O) groups is 2. The highest BCUT2D eigenvalue weighted by Gasteiger charge is 2.39. The second-order valence-electron chi connectivity index (χ2n) is 6.87. The van der Waals surface area contributed by atoms with Gasteiger partial charge in [0.15, 0.2) is 0 Å². The molecule has 0 aliphatic carbocycles. The summed E-state index contributed by atoms with van der Waals surface area (Å²) in [4.78, 5) is 27.9. The van der Waals surface area contributed by atoms with Crippen LogP contribution in [0.1, 0.15) is 6.42 Å². The van der Waals surface area contributed by atoms with Crippen LogP contribution < -0.4 is 4.90 Å². The first-order valence-electron chi connectivity index (χ1n) is 8.73. The van der Waals surface area contributed by atoms with Crippen molar-refractivity contribution in [1.29, 1.82) is 0 Å². The van der Waals surface area contributed by atoms with Crippen LogP contribution in [0.2, 0.25) is 0 Å². The molecule has 2 fully saturated rings. The zero-order chi connectivity index (χ0) is 19.8. The second kappa shape index (κ2) is 7.53. The van der Waals surface area contributed by atoms with Gasteiger partial charge in [-0.05, 0) is 12.1 Å². The van der Waals surface area contributed by atoms with E-state index in [1.807, 2.05) is 0 Å². The number of para-hydroxylation sites is 1. The summed E-state index contributed by atoms with van der Waals surface area (Å²) in [5.74, 6) is -1.52. The Labute approximate surface area is 158 Å². The van der Waals surface area contributed by atoms with E-state index in [1.54, 1.807) is 17.0 Å². The molecule has 1 unspecified atom stereocenters. The van der Waals surface area contributed by atoms with Crippen LogP contribution in [0.15, 0.2) is 24.3 Å². The van der Waals surface area contributed by atoms with E-state index in [-0.39, 0.29) is 56.6 Å². The van der Waals surface area contributed by atoms with Gasteiger partial charge in [-0.25, -0.2) is 4.39 Å². The molecule has 1 aromatic rings. The zero-order valence-corrected chi connectivity index (χ0v) is 16.2. The van der Waals surface area contributed by atoms with E-state index in [0.29, 0.717) is 0 Å². The average molecular weight is 398 g/mol. The Morgan fingerprint density at radius 2 is 1.78 bits per heavy atom. The van der Waals surface area contributed by atoms with Crippen molar-refractivity contribution in [3.63, 3.8) is 0 Å². The van der Waals surface area contributed by atoms with Gasteiger partial charge in [0, 0.05) is 53.2 Å². The van der Waals surface area contributed by atoms with Gasteiger partial charge in [0.2, 0.25) is 11.8 Å². The topological polar surface area (TPSA) is 81.2 Å². The number of benzene rings is 1. The molecule has 2 aliphatic heterocycles. The second-order valence-corrected chi connectivity index (χ2v) is 9.01. The highest BCUT2D eigenvalue weighted by Crippen LogP contribution is 2.28. The highest BCUT2D eigenvalue weighted by atomic mass is 32.2. The van der Waals surface area contributed by atoms with Crippen molar-refractivity contribution < 1.29 is 22.4 Å². The van der Waals surface area contributed by atoms with Gasteiger partial charge in [-0.15, -0.1) is 0 Å². The van der Waals surface area contributed by atoms with E-state index in [1.165, 1.54) is 35.4 Å². The summed E-state index contributed by atoms with van der Waals surface area (Å²) in [6.07, 6.45) is 0.0311. The number of piperazine rings is 1. The highest BCUT2D eigenvalue weighted by molar-refractivity contribution is 7.86. The van der Waals surface area contributed by atoms with E-state index < -0.39 is 21.9 Å². The van der Waals surface area contributed by atoms with Gasteiger partial charge < -0.3 is 9.80 Å². The van der Waals surface area contributed by atoms with Crippen LogP contribution >= 0.6 is 0 Å². The normalized spacial score (nSPS) is 21.9. The largest absolute Gasteiger partial charge is 0.340 e. The smallest absolute Gasteiger partial charge is 0.281 e. The molecule has 0 aromatic heterocycles. The number of halogens is 1. The summed E-state index contributed by atoms with van der Waals surface area (Å²) in [6, 6.07) is 5.99. The number of hydrogen-bond acceptors (Lipinski definition) is 4. The van der Waals surface area contributed by atoms with Gasteiger partial charge >= 0.3 is 0 Å². The number of rotatable bonds is 4. The lowest BCUT2D eigenvalue weighted by Crippen LogP contribution is -2.54. The molecule has 0 saturated carbocycles. The Kier molecular flexibility index (Phi) is 5.50. The van der Waals surface area contributed by atoms with E-state index in [9.17, 15) is 22.4 Å². The minimum absolute atomic E-state index is 0.0311. The predicted molar refractivity (Wildman–Crippen MR) is 97.6 cm³/mol. The fraction of sp³-hybridized carbons (Fsp3) is 0.529. The van der Waals surface area contributed by atoms with Gasteiger partial charge in [0.1, 0.15) is 5.82 Å². The third-order valence-corrected chi connectivity index (χ3v) is 6.90. The standard InChI is InChI=1S/C17H23FN4O4S/c1-19(2)27(25,26)21-9-7-20(8-10-21)17(24)13-11-16(23)22(12-13)15-6-4-3-5-14(15)18/h3-6,13H,7-12H2,1-2H3. The fourth-order valence-electron chi connectivity index (χ4n) is 3.40. The zero-order valence-electron chi connectivity index (χ0n) is 15.3. The molecular weight excluding hydrogens is 375 g/mol. The third kappa shape index (κ3) is 3.83. The van der Waals surface area contributed by atoms with Crippen LogP contribution in [0.25, 0.3) is 0 Å².